The molecular weight excluding hydrogens is 276 g/mol. The highest BCUT2D eigenvalue weighted by atomic mass is 32.2. The fourth-order valence-electron chi connectivity index (χ4n) is 2.70. The van der Waals surface area contributed by atoms with Gasteiger partial charge in [-0.3, -0.25) is 4.68 Å². The maximum Gasteiger partial charge on any atom is 0.260 e. The molecule has 1 aromatic heterocycles. The van der Waals surface area contributed by atoms with Gasteiger partial charge in [0.15, 0.2) is 5.03 Å². The molecule has 0 aromatic carbocycles. The molecule has 1 aromatic rings. The summed E-state index contributed by atoms with van der Waals surface area (Å²) in [6, 6.07) is 2.03. The molecule has 1 saturated carbocycles. The SMILES string of the molecule is Cn1nccc1S(=O)(=O)N1CCC(NCC2CC2)CC1. The highest BCUT2D eigenvalue weighted by Crippen LogP contribution is 2.28. The van der Waals surface area contributed by atoms with E-state index in [0.29, 0.717) is 19.1 Å². The lowest BCUT2D eigenvalue weighted by Gasteiger charge is -2.31. The lowest BCUT2D eigenvalue weighted by Crippen LogP contribution is -2.45. The smallest absolute Gasteiger partial charge is 0.260 e. The van der Waals surface area contributed by atoms with E-state index in [9.17, 15) is 8.42 Å². The van der Waals surface area contributed by atoms with Crippen LogP contribution in [0.5, 0.6) is 0 Å². The van der Waals surface area contributed by atoms with Gasteiger partial charge in [0.2, 0.25) is 0 Å². The number of piperidine rings is 1. The number of sulfonamides is 1. The van der Waals surface area contributed by atoms with Crippen LogP contribution in [0.3, 0.4) is 0 Å². The largest absolute Gasteiger partial charge is 0.314 e. The number of nitrogens with zero attached hydrogens (tertiary/aromatic N) is 3. The Labute approximate surface area is 120 Å². The Bertz CT molecular complexity index is 557. The second kappa shape index (κ2) is 5.46. The van der Waals surface area contributed by atoms with Gasteiger partial charge in [-0.2, -0.15) is 9.40 Å². The molecule has 0 bridgehead atoms. The minimum atomic E-state index is -3.39. The molecule has 2 heterocycles. The van der Waals surface area contributed by atoms with E-state index in [2.05, 4.69) is 10.4 Å². The molecule has 1 N–H and O–H groups in total. The number of nitrogens with one attached hydrogen (secondary N) is 1. The summed E-state index contributed by atoms with van der Waals surface area (Å²) in [5.41, 5.74) is 0. The molecule has 1 aliphatic carbocycles. The van der Waals surface area contributed by atoms with Gasteiger partial charge in [-0.25, -0.2) is 8.42 Å². The summed E-state index contributed by atoms with van der Waals surface area (Å²) in [5, 5.41) is 7.79. The molecule has 6 nitrogen and oxygen atoms in total. The zero-order valence-corrected chi connectivity index (χ0v) is 12.6. The summed E-state index contributed by atoms with van der Waals surface area (Å²) in [6.07, 6.45) is 6.01. The molecule has 112 valence electrons. The molecule has 0 amide bonds. The van der Waals surface area contributed by atoms with Gasteiger partial charge in [-0.15, -0.1) is 0 Å². The van der Waals surface area contributed by atoms with Crippen LogP contribution in [0.15, 0.2) is 17.3 Å². The summed E-state index contributed by atoms with van der Waals surface area (Å²) < 4.78 is 28.0. The van der Waals surface area contributed by atoms with E-state index in [1.165, 1.54) is 23.7 Å². The molecular formula is C13H22N4O2S. The van der Waals surface area contributed by atoms with E-state index in [1.54, 1.807) is 17.4 Å². The van der Waals surface area contributed by atoms with Crippen molar-refractivity contribution in [2.45, 2.75) is 36.8 Å². The molecule has 3 rings (SSSR count). The van der Waals surface area contributed by atoms with E-state index in [0.717, 1.165) is 25.3 Å². The normalized spacial score (nSPS) is 22.2. The number of aromatic nitrogens is 2. The Morgan fingerprint density at radius 3 is 2.55 bits per heavy atom. The maximum absolute atomic E-state index is 12.5. The van der Waals surface area contributed by atoms with Crippen molar-refractivity contribution in [2.75, 3.05) is 19.6 Å². The van der Waals surface area contributed by atoms with Crippen LogP contribution >= 0.6 is 0 Å². The lowest BCUT2D eigenvalue weighted by molar-refractivity contribution is 0.286. The first-order chi connectivity index (χ1) is 9.57. The molecule has 7 heteroatoms. The van der Waals surface area contributed by atoms with Crippen LogP contribution in [0.25, 0.3) is 0 Å². The summed E-state index contributed by atoms with van der Waals surface area (Å²) in [4.78, 5) is 0. The fraction of sp³-hybridized carbons (Fsp3) is 0.769. The minimum Gasteiger partial charge on any atom is -0.314 e. The van der Waals surface area contributed by atoms with Gasteiger partial charge >= 0.3 is 0 Å². The van der Waals surface area contributed by atoms with Gasteiger partial charge in [0.05, 0.1) is 6.20 Å². The zero-order valence-electron chi connectivity index (χ0n) is 11.8. The average molecular weight is 298 g/mol. The predicted molar refractivity (Wildman–Crippen MR) is 75.7 cm³/mol. The topological polar surface area (TPSA) is 67.2 Å². The van der Waals surface area contributed by atoms with E-state index in [1.807, 2.05) is 0 Å². The Hall–Kier alpha value is -0.920. The lowest BCUT2D eigenvalue weighted by atomic mass is 10.1. The molecule has 2 fully saturated rings. The van der Waals surface area contributed by atoms with E-state index in [-0.39, 0.29) is 5.03 Å². The molecule has 0 radical (unpaired) electrons. The second-order valence-corrected chi connectivity index (χ2v) is 7.71. The Morgan fingerprint density at radius 2 is 2.00 bits per heavy atom. The Kier molecular flexibility index (Phi) is 3.83. The van der Waals surface area contributed by atoms with Crippen molar-refractivity contribution in [1.82, 2.24) is 19.4 Å². The summed E-state index contributed by atoms with van der Waals surface area (Å²) in [7, 11) is -1.72. The van der Waals surface area contributed by atoms with Gasteiger partial charge < -0.3 is 5.32 Å². The van der Waals surface area contributed by atoms with Crippen LogP contribution in [0.1, 0.15) is 25.7 Å². The van der Waals surface area contributed by atoms with Gasteiger partial charge in [-0.1, -0.05) is 0 Å². The highest BCUT2D eigenvalue weighted by Gasteiger charge is 2.31. The van der Waals surface area contributed by atoms with Gasteiger partial charge in [-0.05, 0) is 44.2 Å². The highest BCUT2D eigenvalue weighted by molar-refractivity contribution is 7.89. The van der Waals surface area contributed by atoms with Crippen molar-refractivity contribution in [3.8, 4) is 0 Å². The fourth-order valence-corrected chi connectivity index (χ4v) is 4.27. The number of hydrogen-bond acceptors (Lipinski definition) is 4. The average Bonchev–Trinajstić information content (AvgIpc) is 3.17. The van der Waals surface area contributed by atoms with Crippen molar-refractivity contribution in [1.29, 1.82) is 0 Å². The van der Waals surface area contributed by atoms with Crippen LogP contribution in [-0.4, -0.2) is 48.2 Å². The molecule has 0 spiro atoms. The summed E-state index contributed by atoms with van der Waals surface area (Å²) in [5.74, 6) is 0.867. The van der Waals surface area contributed by atoms with Crippen molar-refractivity contribution in [2.24, 2.45) is 13.0 Å². The number of aryl methyl sites for hydroxylation is 1. The first kappa shape index (κ1) is 14.0. The van der Waals surface area contributed by atoms with Gasteiger partial charge in [0, 0.05) is 26.2 Å². The summed E-state index contributed by atoms with van der Waals surface area (Å²) >= 11 is 0. The molecule has 0 atom stereocenters. The van der Waals surface area contributed by atoms with Gasteiger partial charge in [0.25, 0.3) is 10.0 Å². The van der Waals surface area contributed by atoms with Crippen LogP contribution < -0.4 is 5.32 Å². The Morgan fingerprint density at radius 1 is 1.30 bits per heavy atom. The zero-order chi connectivity index (χ0) is 14.2. The minimum absolute atomic E-state index is 0.280. The van der Waals surface area contributed by atoms with E-state index in [4.69, 9.17) is 0 Å². The van der Waals surface area contributed by atoms with Crippen molar-refractivity contribution >= 4 is 10.0 Å². The van der Waals surface area contributed by atoms with E-state index < -0.39 is 10.0 Å². The van der Waals surface area contributed by atoms with Crippen molar-refractivity contribution < 1.29 is 8.42 Å². The standard InChI is InChI=1S/C13H22N4O2S/c1-16-13(4-7-15-16)20(18,19)17-8-5-12(6-9-17)14-10-11-2-3-11/h4,7,11-12,14H,2-3,5-6,8-10H2,1H3. The van der Waals surface area contributed by atoms with Crippen LogP contribution in [0.4, 0.5) is 0 Å². The second-order valence-electron chi connectivity index (χ2n) is 5.82. The van der Waals surface area contributed by atoms with Crippen molar-refractivity contribution in [3.63, 3.8) is 0 Å². The third-order valence-corrected chi connectivity index (χ3v) is 6.20. The maximum atomic E-state index is 12.5. The first-order valence-corrected chi connectivity index (χ1v) is 8.73. The van der Waals surface area contributed by atoms with Crippen molar-refractivity contribution in [3.05, 3.63) is 12.3 Å². The molecule has 20 heavy (non-hydrogen) atoms. The Balaban J connectivity index is 1.58. The molecule has 0 unspecified atom stereocenters. The van der Waals surface area contributed by atoms with Crippen LogP contribution in [0, 0.1) is 5.92 Å². The predicted octanol–water partition coefficient (Wildman–Crippen LogP) is 0.573. The molecule has 1 aliphatic heterocycles. The first-order valence-electron chi connectivity index (χ1n) is 7.29. The number of hydrogen-bond donors (Lipinski definition) is 1. The molecule has 1 saturated heterocycles. The summed E-state index contributed by atoms with van der Waals surface area (Å²) in [6.45, 7) is 2.28. The van der Waals surface area contributed by atoms with Crippen LogP contribution in [0.2, 0.25) is 0 Å². The van der Waals surface area contributed by atoms with Crippen LogP contribution in [-0.2, 0) is 17.1 Å². The third kappa shape index (κ3) is 2.89. The third-order valence-electron chi connectivity index (χ3n) is 4.23. The molecule has 2 aliphatic rings. The van der Waals surface area contributed by atoms with Gasteiger partial charge in [0.1, 0.15) is 0 Å². The van der Waals surface area contributed by atoms with E-state index >= 15 is 0 Å². The monoisotopic (exact) mass is 298 g/mol. The number of rotatable bonds is 5. The quantitative estimate of drug-likeness (QED) is 0.863.